The van der Waals surface area contributed by atoms with Gasteiger partial charge in [-0.3, -0.25) is 0 Å². The molecule has 0 unspecified atom stereocenters. The molecule has 2 N–H and O–H groups in total. The molecule has 0 aliphatic rings. The van der Waals surface area contributed by atoms with Gasteiger partial charge in [-0.2, -0.15) is 0 Å². The molecule has 0 aliphatic heterocycles. The molecule has 0 atom stereocenters. The predicted octanol–water partition coefficient (Wildman–Crippen LogP) is 3.76. The van der Waals surface area contributed by atoms with Crippen molar-refractivity contribution in [3.8, 4) is 22.5 Å². The molecule has 9 heteroatoms. The summed E-state index contributed by atoms with van der Waals surface area (Å²) in [4.78, 5) is 8.94. The Morgan fingerprint density at radius 2 is 1.16 bits per heavy atom. The van der Waals surface area contributed by atoms with Crippen LogP contribution in [0.3, 0.4) is 0 Å². The maximum atomic E-state index is 12.8. The molecule has 0 spiro atoms. The Bertz CT molecular complexity index is 1330. The van der Waals surface area contributed by atoms with Gasteiger partial charge in [-0.15, -0.1) is 0 Å². The van der Waals surface area contributed by atoms with Crippen molar-refractivity contribution in [2.24, 2.45) is 0 Å². The van der Waals surface area contributed by atoms with E-state index < -0.39 is 30.2 Å². The van der Waals surface area contributed by atoms with Crippen molar-refractivity contribution in [3.05, 3.63) is 54.7 Å². The fourth-order valence-corrected chi connectivity index (χ4v) is 5.58. The highest BCUT2D eigenvalue weighted by Gasteiger charge is 2.26. The Balaban J connectivity index is 2.18. The first kappa shape index (κ1) is 22.9. The van der Waals surface area contributed by atoms with E-state index in [0.717, 1.165) is 0 Å². The number of nitrogen functional groups attached to an aromatic ring is 1. The number of rotatable bonds is 6. The Morgan fingerprint density at radius 1 is 0.710 bits per heavy atom. The lowest BCUT2D eigenvalue weighted by Gasteiger charge is -2.15. The third-order valence-corrected chi connectivity index (χ3v) is 9.40. The van der Waals surface area contributed by atoms with Crippen LogP contribution in [-0.4, -0.2) is 37.3 Å². The van der Waals surface area contributed by atoms with Crippen molar-refractivity contribution >= 4 is 25.5 Å². The molecule has 31 heavy (non-hydrogen) atoms. The van der Waals surface area contributed by atoms with Gasteiger partial charge in [0.1, 0.15) is 5.82 Å². The van der Waals surface area contributed by atoms with Crippen LogP contribution in [0.15, 0.2) is 64.5 Å². The van der Waals surface area contributed by atoms with Gasteiger partial charge < -0.3 is 5.73 Å². The topological polar surface area (TPSA) is 120 Å². The average molecular weight is 460 g/mol. The van der Waals surface area contributed by atoms with Gasteiger partial charge in [0.25, 0.3) is 0 Å². The van der Waals surface area contributed by atoms with Crippen LogP contribution in [0.1, 0.15) is 27.7 Å². The normalized spacial score (nSPS) is 12.5. The number of hydrogen-bond donors (Lipinski definition) is 1. The lowest BCUT2D eigenvalue weighted by molar-refractivity contribution is 0.586. The van der Waals surface area contributed by atoms with Gasteiger partial charge in [-0.05, 0) is 45.9 Å². The van der Waals surface area contributed by atoms with E-state index in [-0.39, 0.29) is 21.4 Å². The maximum Gasteiger partial charge on any atom is 0.181 e. The third kappa shape index (κ3) is 4.20. The number of benzene rings is 2. The fourth-order valence-electron chi connectivity index (χ4n) is 3.08. The molecule has 3 rings (SSSR count). The van der Waals surface area contributed by atoms with Gasteiger partial charge in [-0.1, -0.05) is 30.3 Å². The summed E-state index contributed by atoms with van der Waals surface area (Å²) in [6.07, 6.45) is 1.44. The van der Waals surface area contributed by atoms with Gasteiger partial charge in [0.2, 0.25) is 0 Å². The minimum absolute atomic E-state index is 0.0631. The summed E-state index contributed by atoms with van der Waals surface area (Å²) in [5.41, 5.74) is 7.32. The minimum atomic E-state index is -3.57. The lowest BCUT2D eigenvalue weighted by Crippen LogP contribution is -2.16. The molecule has 0 fully saturated rings. The molecule has 2 aromatic carbocycles. The minimum Gasteiger partial charge on any atom is -0.383 e. The summed E-state index contributed by atoms with van der Waals surface area (Å²) in [6.45, 7) is 6.44. The Labute approximate surface area is 183 Å². The standard InChI is InChI=1S/C22H25N3O4S2/c1-14(2)30(26,27)19-11-7-5-9-16(19)18-13-24-22(25-21(18)23)17-10-6-8-12-20(17)31(28,29)15(3)4/h5-15H,1-4H3,(H2,23,24,25). The van der Waals surface area contributed by atoms with E-state index in [2.05, 4.69) is 9.97 Å². The van der Waals surface area contributed by atoms with Crippen LogP contribution in [0.25, 0.3) is 22.5 Å². The second-order valence-electron chi connectivity index (χ2n) is 7.67. The Hall–Kier alpha value is -2.78. The average Bonchev–Trinajstić information content (AvgIpc) is 2.73. The Kier molecular flexibility index (Phi) is 6.20. The van der Waals surface area contributed by atoms with Crippen LogP contribution in [0.2, 0.25) is 0 Å². The number of aromatic nitrogens is 2. The molecule has 0 saturated carbocycles. The molecule has 0 amide bonds. The first-order chi connectivity index (χ1) is 14.5. The number of hydrogen-bond acceptors (Lipinski definition) is 7. The zero-order valence-corrected chi connectivity index (χ0v) is 19.4. The van der Waals surface area contributed by atoms with Crippen LogP contribution < -0.4 is 5.73 Å². The van der Waals surface area contributed by atoms with E-state index in [1.807, 2.05) is 0 Å². The molecule has 0 bridgehead atoms. The number of nitrogens with zero attached hydrogens (tertiary/aromatic N) is 2. The van der Waals surface area contributed by atoms with E-state index in [0.29, 0.717) is 16.7 Å². The Morgan fingerprint density at radius 3 is 1.65 bits per heavy atom. The SMILES string of the molecule is CC(C)S(=O)(=O)c1ccccc1-c1ncc(-c2ccccc2S(=O)(=O)C(C)C)c(N)n1. The second kappa shape index (κ2) is 8.39. The van der Waals surface area contributed by atoms with Gasteiger partial charge in [-0.25, -0.2) is 26.8 Å². The zero-order valence-electron chi connectivity index (χ0n) is 17.8. The number of anilines is 1. The molecule has 164 valence electrons. The molecular weight excluding hydrogens is 434 g/mol. The van der Waals surface area contributed by atoms with Crippen LogP contribution in [0, 0.1) is 0 Å². The molecule has 0 saturated heterocycles. The van der Waals surface area contributed by atoms with Crippen molar-refractivity contribution in [1.29, 1.82) is 0 Å². The molecule has 0 aliphatic carbocycles. The first-order valence-electron chi connectivity index (χ1n) is 9.77. The molecule has 3 aromatic rings. The number of sulfone groups is 2. The van der Waals surface area contributed by atoms with Gasteiger partial charge in [0, 0.05) is 22.9 Å². The largest absolute Gasteiger partial charge is 0.383 e. The molecule has 0 radical (unpaired) electrons. The van der Waals surface area contributed by atoms with Crippen LogP contribution in [0.4, 0.5) is 5.82 Å². The van der Waals surface area contributed by atoms with Crippen molar-refractivity contribution in [2.45, 2.75) is 48.0 Å². The van der Waals surface area contributed by atoms with Crippen molar-refractivity contribution < 1.29 is 16.8 Å². The maximum absolute atomic E-state index is 12.8. The van der Waals surface area contributed by atoms with Crippen molar-refractivity contribution in [3.63, 3.8) is 0 Å². The monoisotopic (exact) mass is 459 g/mol. The molecular formula is C22H25N3O4S2. The predicted molar refractivity (Wildman–Crippen MR) is 122 cm³/mol. The summed E-state index contributed by atoms with van der Waals surface area (Å²) < 4.78 is 51.1. The smallest absolute Gasteiger partial charge is 0.181 e. The first-order valence-corrected chi connectivity index (χ1v) is 12.9. The van der Waals surface area contributed by atoms with Gasteiger partial charge in [0.05, 0.1) is 20.3 Å². The van der Waals surface area contributed by atoms with E-state index in [1.165, 1.54) is 18.3 Å². The lowest BCUT2D eigenvalue weighted by atomic mass is 10.1. The quantitative estimate of drug-likeness (QED) is 0.596. The summed E-state index contributed by atoms with van der Waals surface area (Å²) in [7, 11) is -7.13. The van der Waals surface area contributed by atoms with Crippen LogP contribution >= 0.6 is 0 Å². The highest BCUT2D eigenvalue weighted by Crippen LogP contribution is 2.34. The molecule has 1 heterocycles. The summed E-state index contributed by atoms with van der Waals surface area (Å²) in [5.74, 6) is 0.221. The van der Waals surface area contributed by atoms with E-state index in [9.17, 15) is 16.8 Å². The van der Waals surface area contributed by atoms with Crippen molar-refractivity contribution in [1.82, 2.24) is 9.97 Å². The van der Waals surface area contributed by atoms with E-state index >= 15 is 0 Å². The summed E-state index contributed by atoms with van der Waals surface area (Å²) >= 11 is 0. The van der Waals surface area contributed by atoms with E-state index in [1.54, 1.807) is 64.1 Å². The summed E-state index contributed by atoms with van der Waals surface area (Å²) in [6, 6.07) is 13.0. The molecule has 7 nitrogen and oxygen atoms in total. The fraction of sp³-hybridized carbons (Fsp3) is 0.273. The third-order valence-electron chi connectivity index (χ3n) is 4.98. The van der Waals surface area contributed by atoms with E-state index in [4.69, 9.17) is 5.73 Å². The van der Waals surface area contributed by atoms with Crippen LogP contribution in [0.5, 0.6) is 0 Å². The number of nitrogens with two attached hydrogens (primary N) is 1. The highest BCUT2D eigenvalue weighted by molar-refractivity contribution is 7.92. The second-order valence-corrected chi connectivity index (χ2v) is 12.6. The highest BCUT2D eigenvalue weighted by atomic mass is 32.2. The van der Waals surface area contributed by atoms with Gasteiger partial charge >= 0.3 is 0 Å². The zero-order chi connectivity index (χ0) is 23.0. The molecule has 1 aromatic heterocycles. The summed E-state index contributed by atoms with van der Waals surface area (Å²) in [5, 5.41) is -1.22. The van der Waals surface area contributed by atoms with Crippen LogP contribution in [-0.2, 0) is 19.7 Å². The van der Waals surface area contributed by atoms with Crippen molar-refractivity contribution in [2.75, 3.05) is 5.73 Å². The van der Waals surface area contributed by atoms with Gasteiger partial charge in [0.15, 0.2) is 25.5 Å².